The van der Waals surface area contributed by atoms with Gasteiger partial charge in [0.05, 0.1) is 18.1 Å². The van der Waals surface area contributed by atoms with Crippen LogP contribution < -0.4 is 5.32 Å². The molecule has 0 bridgehead atoms. The number of pyridine rings is 1. The van der Waals surface area contributed by atoms with Gasteiger partial charge in [0.2, 0.25) is 5.91 Å². The van der Waals surface area contributed by atoms with E-state index in [4.69, 9.17) is 14.5 Å². The molecular formula is C25H38N2O5. The van der Waals surface area contributed by atoms with Crippen molar-refractivity contribution in [1.29, 1.82) is 0 Å². The molecule has 178 valence electrons. The van der Waals surface area contributed by atoms with E-state index in [-0.39, 0.29) is 25.0 Å². The van der Waals surface area contributed by atoms with Crippen LogP contribution in [0.2, 0.25) is 0 Å². The van der Waals surface area contributed by atoms with Crippen molar-refractivity contribution in [2.75, 3.05) is 20.3 Å². The minimum Gasteiger partial charge on any atom is -0.480 e. The number of hydrogen-bond acceptors (Lipinski definition) is 5. The first kappa shape index (κ1) is 24.6. The molecule has 0 saturated heterocycles. The third-order valence-corrected chi connectivity index (χ3v) is 6.72. The van der Waals surface area contributed by atoms with E-state index in [1.807, 2.05) is 0 Å². The molecule has 7 heteroatoms. The van der Waals surface area contributed by atoms with Crippen LogP contribution in [0, 0.1) is 11.3 Å². The first-order valence-electron chi connectivity index (χ1n) is 11.9. The van der Waals surface area contributed by atoms with Crippen LogP contribution in [-0.4, -0.2) is 54.4 Å². The van der Waals surface area contributed by atoms with E-state index in [2.05, 4.69) is 17.4 Å². The summed E-state index contributed by atoms with van der Waals surface area (Å²) in [4.78, 5) is 28.7. The summed E-state index contributed by atoms with van der Waals surface area (Å²) < 4.78 is 10.9. The molecule has 1 saturated carbocycles. The van der Waals surface area contributed by atoms with E-state index in [0.29, 0.717) is 12.5 Å². The van der Waals surface area contributed by atoms with E-state index in [9.17, 15) is 14.7 Å². The quantitative estimate of drug-likeness (QED) is 0.511. The average Bonchev–Trinajstić information content (AvgIpc) is 2.73. The largest absolute Gasteiger partial charge is 0.480 e. The smallest absolute Gasteiger partial charge is 0.326 e. The highest BCUT2D eigenvalue weighted by Crippen LogP contribution is 2.34. The maximum Gasteiger partial charge on any atom is 0.326 e. The Kier molecular flexibility index (Phi) is 8.65. The lowest BCUT2D eigenvalue weighted by Gasteiger charge is -2.35. The van der Waals surface area contributed by atoms with Gasteiger partial charge in [-0.05, 0) is 82.8 Å². The molecule has 1 amide bonds. The van der Waals surface area contributed by atoms with Gasteiger partial charge < -0.3 is 19.9 Å². The minimum absolute atomic E-state index is 0.187. The molecule has 1 fully saturated rings. The monoisotopic (exact) mass is 446 g/mol. The Morgan fingerprint density at radius 3 is 2.72 bits per heavy atom. The van der Waals surface area contributed by atoms with Gasteiger partial charge in [-0.15, -0.1) is 0 Å². The molecule has 0 aromatic carbocycles. The van der Waals surface area contributed by atoms with E-state index in [0.717, 1.165) is 32.1 Å². The second kappa shape index (κ2) is 11.2. The minimum atomic E-state index is -1.04. The number of carboxylic acids is 1. The van der Waals surface area contributed by atoms with Crippen molar-refractivity contribution in [1.82, 2.24) is 10.3 Å². The highest BCUT2D eigenvalue weighted by molar-refractivity contribution is 5.87. The molecule has 0 aliphatic heterocycles. The second-order valence-corrected chi connectivity index (χ2v) is 9.95. The van der Waals surface area contributed by atoms with Gasteiger partial charge in [-0.3, -0.25) is 9.78 Å². The summed E-state index contributed by atoms with van der Waals surface area (Å²) in [7, 11) is 1.52. The maximum atomic E-state index is 12.3. The van der Waals surface area contributed by atoms with E-state index < -0.39 is 17.4 Å². The molecule has 2 N–H and O–H groups in total. The Balaban J connectivity index is 1.33. The average molecular weight is 447 g/mol. The fourth-order valence-corrected chi connectivity index (χ4v) is 4.55. The highest BCUT2D eigenvalue weighted by Gasteiger charge is 2.33. The summed E-state index contributed by atoms with van der Waals surface area (Å²) in [5, 5.41) is 12.1. The number of aromatic nitrogens is 1. The van der Waals surface area contributed by atoms with Crippen LogP contribution in [0.25, 0.3) is 0 Å². The maximum absolute atomic E-state index is 12.3. The first-order chi connectivity index (χ1) is 15.3. The number of nitrogens with zero attached hydrogens (tertiary/aromatic N) is 1. The Morgan fingerprint density at radius 1 is 1.25 bits per heavy atom. The number of ether oxygens (including phenoxy) is 2. The van der Waals surface area contributed by atoms with Crippen molar-refractivity contribution in [3.05, 3.63) is 29.1 Å². The lowest BCUT2D eigenvalue weighted by atomic mass is 9.79. The van der Waals surface area contributed by atoms with Crippen molar-refractivity contribution in [3.8, 4) is 0 Å². The Bertz CT molecular complexity index is 789. The van der Waals surface area contributed by atoms with Gasteiger partial charge in [0.15, 0.2) is 0 Å². The number of carboxylic acid groups (broad SMARTS) is 1. The summed E-state index contributed by atoms with van der Waals surface area (Å²) in [6.07, 6.45) is 9.41. The van der Waals surface area contributed by atoms with E-state index in [1.54, 1.807) is 13.8 Å². The molecule has 32 heavy (non-hydrogen) atoms. The topological polar surface area (TPSA) is 97.8 Å². The molecule has 2 aliphatic rings. The molecule has 1 aromatic rings. The zero-order valence-corrected chi connectivity index (χ0v) is 19.7. The van der Waals surface area contributed by atoms with E-state index >= 15 is 0 Å². The lowest BCUT2D eigenvalue weighted by molar-refractivity contribution is -0.145. The number of carbonyl (C=O) groups is 2. The Labute approximate surface area is 191 Å². The number of aryl methyl sites for hydroxylation is 3. The number of amides is 1. The van der Waals surface area contributed by atoms with Crippen LogP contribution in [0.3, 0.4) is 0 Å². The third-order valence-electron chi connectivity index (χ3n) is 6.72. The summed E-state index contributed by atoms with van der Waals surface area (Å²) in [6, 6.07) is 3.49. The van der Waals surface area contributed by atoms with Gasteiger partial charge in [-0.25, -0.2) is 4.79 Å². The standard InChI is InChI=1S/C25H38N2O5/c1-25(2,16-31-3)24(30)27-22(23(28)29)12-13-32-20-14-17(15-20)8-10-19-11-9-18-6-4-5-7-21(18)26-19/h9,11,17,20,22H,4-8,10,12-16H2,1-3H3,(H,27,30)(H,28,29). The Morgan fingerprint density at radius 2 is 2.00 bits per heavy atom. The number of fused-ring (bicyclic) bond motifs is 1. The predicted molar refractivity (Wildman–Crippen MR) is 122 cm³/mol. The molecule has 0 spiro atoms. The van der Waals surface area contributed by atoms with Gasteiger partial charge in [0, 0.05) is 31.5 Å². The van der Waals surface area contributed by atoms with Crippen LogP contribution in [0.4, 0.5) is 0 Å². The van der Waals surface area contributed by atoms with Gasteiger partial charge in [0.1, 0.15) is 6.04 Å². The van der Waals surface area contributed by atoms with Crippen molar-refractivity contribution in [2.24, 2.45) is 11.3 Å². The molecule has 3 rings (SSSR count). The lowest BCUT2D eigenvalue weighted by Crippen LogP contribution is -2.48. The molecule has 1 atom stereocenters. The number of nitrogens with one attached hydrogen (secondary N) is 1. The van der Waals surface area contributed by atoms with Crippen molar-refractivity contribution in [2.45, 2.75) is 83.8 Å². The fourth-order valence-electron chi connectivity index (χ4n) is 4.55. The molecule has 1 heterocycles. The summed E-state index contributed by atoms with van der Waals surface area (Å²) >= 11 is 0. The SMILES string of the molecule is COCC(C)(C)C(=O)NC(CCOC1CC(CCc2ccc3c(n2)CCCC3)C1)C(=O)O. The van der Waals surface area contributed by atoms with Crippen molar-refractivity contribution < 1.29 is 24.2 Å². The van der Waals surface area contributed by atoms with Gasteiger partial charge >= 0.3 is 5.97 Å². The zero-order chi connectivity index (χ0) is 23.1. The van der Waals surface area contributed by atoms with Gasteiger partial charge in [-0.1, -0.05) is 6.07 Å². The number of hydrogen-bond donors (Lipinski definition) is 2. The number of carbonyl (C=O) groups excluding carboxylic acids is 1. The van der Waals surface area contributed by atoms with Gasteiger partial charge in [-0.2, -0.15) is 0 Å². The molecule has 1 aromatic heterocycles. The normalized spacial score (nSPS) is 21.3. The second-order valence-electron chi connectivity index (χ2n) is 9.95. The zero-order valence-electron chi connectivity index (χ0n) is 19.7. The van der Waals surface area contributed by atoms with Gasteiger partial charge in [0.25, 0.3) is 0 Å². The number of aliphatic carboxylic acids is 1. The fraction of sp³-hybridized carbons (Fsp3) is 0.720. The molecule has 1 unspecified atom stereocenters. The van der Waals surface area contributed by atoms with Crippen LogP contribution >= 0.6 is 0 Å². The number of rotatable bonds is 12. The highest BCUT2D eigenvalue weighted by atomic mass is 16.5. The van der Waals surface area contributed by atoms with Crippen LogP contribution in [0.15, 0.2) is 12.1 Å². The van der Waals surface area contributed by atoms with Crippen LogP contribution in [0.5, 0.6) is 0 Å². The third kappa shape index (κ3) is 6.75. The van der Waals surface area contributed by atoms with Crippen LogP contribution in [-0.2, 0) is 38.3 Å². The summed E-state index contributed by atoms with van der Waals surface area (Å²) in [5.41, 5.74) is 3.15. The van der Waals surface area contributed by atoms with Crippen LogP contribution in [0.1, 0.15) is 69.3 Å². The number of methoxy groups -OCH3 is 1. The van der Waals surface area contributed by atoms with E-state index in [1.165, 1.54) is 43.3 Å². The van der Waals surface area contributed by atoms with Crippen molar-refractivity contribution in [3.63, 3.8) is 0 Å². The molecule has 2 aliphatic carbocycles. The first-order valence-corrected chi connectivity index (χ1v) is 11.9. The Hall–Kier alpha value is -1.99. The summed E-state index contributed by atoms with van der Waals surface area (Å²) in [5.74, 6) is -0.729. The van der Waals surface area contributed by atoms with Crippen molar-refractivity contribution >= 4 is 11.9 Å². The predicted octanol–water partition coefficient (Wildman–Crippen LogP) is 3.32. The molecule has 0 radical (unpaired) electrons. The summed E-state index contributed by atoms with van der Waals surface area (Å²) in [6.45, 7) is 4.02. The molecule has 7 nitrogen and oxygen atoms in total. The molecular weight excluding hydrogens is 408 g/mol.